The minimum absolute atomic E-state index is 0.221. The van der Waals surface area contributed by atoms with Crippen molar-refractivity contribution in [3.8, 4) is 5.75 Å². The fourth-order valence-corrected chi connectivity index (χ4v) is 2.41. The van der Waals surface area contributed by atoms with Gasteiger partial charge in [0.25, 0.3) is 0 Å². The van der Waals surface area contributed by atoms with E-state index in [9.17, 15) is 9.90 Å². The summed E-state index contributed by atoms with van der Waals surface area (Å²) in [7, 11) is 0. The molecule has 1 aromatic heterocycles. The van der Waals surface area contributed by atoms with Crippen molar-refractivity contribution in [3.63, 3.8) is 0 Å². The standard InChI is InChI=1S/C18H16N2O3/c1-2-23-12-7-8-15-14(11-12)17(9-10-19-15)20-16-6-4-3-5-13(16)18(21)22/h3-11H,2H2,1H3,(H,19,20)(H,21,22). The first-order valence-corrected chi connectivity index (χ1v) is 7.30. The van der Waals surface area contributed by atoms with Crippen molar-refractivity contribution in [2.24, 2.45) is 0 Å². The molecular weight excluding hydrogens is 292 g/mol. The van der Waals surface area contributed by atoms with Crippen molar-refractivity contribution in [2.45, 2.75) is 6.92 Å². The number of hydrogen-bond acceptors (Lipinski definition) is 4. The van der Waals surface area contributed by atoms with Crippen LogP contribution in [0.3, 0.4) is 0 Å². The molecule has 0 radical (unpaired) electrons. The maximum absolute atomic E-state index is 11.3. The van der Waals surface area contributed by atoms with E-state index in [0.29, 0.717) is 12.3 Å². The minimum atomic E-state index is -0.971. The molecule has 0 spiro atoms. The SMILES string of the molecule is CCOc1ccc2nccc(Nc3ccccc3C(=O)O)c2c1. The molecule has 0 saturated carbocycles. The molecule has 5 nitrogen and oxygen atoms in total. The Labute approximate surface area is 133 Å². The molecule has 3 aromatic rings. The highest BCUT2D eigenvalue weighted by Gasteiger charge is 2.11. The third-order valence-corrected chi connectivity index (χ3v) is 3.45. The Morgan fingerprint density at radius 3 is 2.78 bits per heavy atom. The molecule has 3 rings (SSSR count). The third-order valence-electron chi connectivity index (χ3n) is 3.45. The highest BCUT2D eigenvalue weighted by atomic mass is 16.5. The van der Waals surface area contributed by atoms with E-state index in [-0.39, 0.29) is 5.56 Å². The van der Waals surface area contributed by atoms with Crippen LogP contribution in [0.1, 0.15) is 17.3 Å². The molecule has 23 heavy (non-hydrogen) atoms. The lowest BCUT2D eigenvalue weighted by Gasteiger charge is -2.12. The molecule has 1 heterocycles. The van der Waals surface area contributed by atoms with Crippen LogP contribution >= 0.6 is 0 Å². The summed E-state index contributed by atoms with van der Waals surface area (Å²) >= 11 is 0. The van der Waals surface area contributed by atoms with E-state index in [2.05, 4.69) is 10.3 Å². The van der Waals surface area contributed by atoms with Gasteiger partial charge in [-0.2, -0.15) is 0 Å². The van der Waals surface area contributed by atoms with Gasteiger partial charge in [-0.15, -0.1) is 0 Å². The topological polar surface area (TPSA) is 71.5 Å². The zero-order valence-electron chi connectivity index (χ0n) is 12.6. The van der Waals surface area contributed by atoms with Crippen LogP contribution in [0.25, 0.3) is 10.9 Å². The molecule has 2 aromatic carbocycles. The monoisotopic (exact) mass is 308 g/mol. The Hall–Kier alpha value is -3.08. The Morgan fingerprint density at radius 2 is 2.00 bits per heavy atom. The number of fused-ring (bicyclic) bond motifs is 1. The molecule has 0 unspecified atom stereocenters. The van der Waals surface area contributed by atoms with Crippen LogP contribution in [0.15, 0.2) is 54.7 Å². The zero-order valence-corrected chi connectivity index (χ0v) is 12.6. The van der Waals surface area contributed by atoms with Crippen molar-refractivity contribution in [1.29, 1.82) is 0 Å². The number of para-hydroxylation sites is 1. The summed E-state index contributed by atoms with van der Waals surface area (Å²) in [5.41, 5.74) is 2.35. The van der Waals surface area contributed by atoms with Gasteiger partial charge in [0.2, 0.25) is 0 Å². The van der Waals surface area contributed by atoms with E-state index in [4.69, 9.17) is 4.74 Å². The lowest BCUT2D eigenvalue weighted by molar-refractivity contribution is 0.0698. The van der Waals surface area contributed by atoms with Crippen LogP contribution in [0, 0.1) is 0 Å². The second-order valence-electron chi connectivity index (χ2n) is 4.95. The number of carboxylic acid groups (broad SMARTS) is 1. The van der Waals surface area contributed by atoms with Gasteiger partial charge in [-0.1, -0.05) is 12.1 Å². The largest absolute Gasteiger partial charge is 0.494 e. The summed E-state index contributed by atoms with van der Waals surface area (Å²) in [5.74, 6) is -0.218. The van der Waals surface area contributed by atoms with Gasteiger partial charge in [0.15, 0.2) is 0 Å². The van der Waals surface area contributed by atoms with Crippen LogP contribution in [-0.4, -0.2) is 22.7 Å². The van der Waals surface area contributed by atoms with E-state index in [1.807, 2.05) is 31.2 Å². The molecule has 0 bridgehead atoms. The molecule has 0 atom stereocenters. The molecule has 0 amide bonds. The number of hydrogen-bond donors (Lipinski definition) is 2. The molecule has 0 aliphatic rings. The Kier molecular flexibility index (Phi) is 4.10. The quantitative estimate of drug-likeness (QED) is 0.743. The summed E-state index contributed by atoms with van der Waals surface area (Å²) in [6.07, 6.45) is 1.69. The van der Waals surface area contributed by atoms with E-state index in [1.54, 1.807) is 30.5 Å². The third kappa shape index (κ3) is 3.08. The van der Waals surface area contributed by atoms with Gasteiger partial charge in [-0.05, 0) is 43.3 Å². The van der Waals surface area contributed by atoms with Crippen molar-refractivity contribution in [3.05, 3.63) is 60.3 Å². The maximum atomic E-state index is 11.3. The number of aromatic carboxylic acids is 1. The highest BCUT2D eigenvalue weighted by molar-refractivity contribution is 5.98. The number of anilines is 2. The van der Waals surface area contributed by atoms with Gasteiger partial charge in [0, 0.05) is 17.3 Å². The number of aromatic nitrogens is 1. The molecule has 5 heteroatoms. The number of nitrogens with zero attached hydrogens (tertiary/aromatic N) is 1. The van der Waals surface area contributed by atoms with Crippen molar-refractivity contribution >= 4 is 28.2 Å². The van der Waals surface area contributed by atoms with Crippen LogP contribution in [0.4, 0.5) is 11.4 Å². The van der Waals surface area contributed by atoms with Gasteiger partial charge in [-0.25, -0.2) is 4.79 Å². The predicted molar refractivity (Wildman–Crippen MR) is 89.6 cm³/mol. The summed E-state index contributed by atoms with van der Waals surface area (Å²) in [4.78, 5) is 15.7. The van der Waals surface area contributed by atoms with Crippen LogP contribution in [-0.2, 0) is 0 Å². The van der Waals surface area contributed by atoms with Gasteiger partial charge >= 0.3 is 5.97 Å². The summed E-state index contributed by atoms with van der Waals surface area (Å²) in [6, 6.07) is 14.3. The Morgan fingerprint density at radius 1 is 1.17 bits per heavy atom. The average Bonchev–Trinajstić information content (AvgIpc) is 2.56. The lowest BCUT2D eigenvalue weighted by atomic mass is 10.1. The molecule has 0 aliphatic heterocycles. The van der Waals surface area contributed by atoms with Gasteiger partial charge < -0.3 is 15.2 Å². The normalized spacial score (nSPS) is 10.5. The first-order chi connectivity index (χ1) is 11.2. The molecule has 0 fully saturated rings. The lowest BCUT2D eigenvalue weighted by Crippen LogP contribution is -2.02. The zero-order chi connectivity index (χ0) is 16.2. The van der Waals surface area contributed by atoms with E-state index in [0.717, 1.165) is 22.3 Å². The maximum Gasteiger partial charge on any atom is 0.337 e. The Balaban J connectivity index is 2.06. The first-order valence-electron chi connectivity index (χ1n) is 7.30. The summed E-state index contributed by atoms with van der Waals surface area (Å²) in [5, 5.41) is 13.4. The fraction of sp³-hybridized carbons (Fsp3) is 0.111. The average molecular weight is 308 g/mol. The van der Waals surface area contributed by atoms with Crippen molar-refractivity contribution < 1.29 is 14.6 Å². The molecule has 0 saturated heterocycles. The molecular formula is C18H16N2O3. The van der Waals surface area contributed by atoms with Gasteiger partial charge in [0.1, 0.15) is 5.75 Å². The molecule has 0 aliphatic carbocycles. The van der Waals surface area contributed by atoms with Crippen LogP contribution < -0.4 is 10.1 Å². The summed E-state index contributed by atoms with van der Waals surface area (Å²) in [6.45, 7) is 2.51. The second-order valence-corrected chi connectivity index (χ2v) is 4.95. The van der Waals surface area contributed by atoms with Gasteiger partial charge in [0.05, 0.1) is 23.4 Å². The number of rotatable bonds is 5. The number of carboxylic acids is 1. The van der Waals surface area contributed by atoms with Gasteiger partial charge in [-0.3, -0.25) is 4.98 Å². The van der Waals surface area contributed by atoms with Crippen LogP contribution in [0.2, 0.25) is 0 Å². The number of carbonyl (C=O) groups is 1. The number of nitrogens with one attached hydrogen (secondary N) is 1. The van der Waals surface area contributed by atoms with Crippen molar-refractivity contribution in [1.82, 2.24) is 4.98 Å². The van der Waals surface area contributed by atoms with E-state index in [1.165, 1.54) is 0 Å². The van der Waals surface area contributed by atoms with E-state index < -0.39 is 5.97 Å². The Bertz CT molecular complexity index is 862. The smallest absolute Gasteiger partial charge is 0.337 e. The molecule has 2 N–H and O–H groups in total. The fourth-order valence-electron chi connectivity index (χ4n) is 2.41. The number of ether oxygens (including phenoxy) is 1. The minimum Gasteiger partial charge on any atom is -0.494 e. The summed E-state index contributed by atoms with van der Waals surface area (Å²) < 4.78 is 5.53. The van der Waals surface area contributed by atoms with Crippen molar-refractivity contribution in [2.75, 3.05) is 11.9 Å². The second kappa shape index (κ2) is 6.36. The van der Waals surface area contributed by atoms with E-state index >= 15 is 0 Å². The highest BCUT2D eigenvalue weighted by Crippen LogP contribution is 2.29. The van der Waals surface area contributed by atoms with Crippen LogP contribution in [0.5, 0.6) is 5.75 Å². The number of pyridine rings is 1. The number of benzene rings is 2. The molecule has 116 valence electrons. The predicted octanol–water partition coefficient (Wildman–Crippen LogP) is 4.08. The first kappa shape index (κ1) is 14.8.